The summed E-state index contributed by atoms with van der Waals surface area (Å²) in [6.07, 6.45) is 2.77. The van der Waals surface area contributed by atoms with Crippen LogP contribution in [0.3, 0.4) is 0 Å². The van der Waals surface area contributed by atoms with Crippen LogP contribution >= 0.6 is 11.6 Å². The van der Waals surface area contributed by atoms with Crippen LogP contribution in [-0.4, -0.2) is 31.1 Å². The van der Waals surface area contributed by atoms with Crippen molar-refractivity contribution in [1.82, 2.24) is 10.3 Å². The van der Waals surface area contributed by atoms with Gasteiger partial charge in [0, 0.05) is 28.7 Å². The summed E-state index contributed by atoms with van der Waals surface area (Å²) >= 11 is 5.98. The van der Waals surface area contributed by atoms with Crippen molar-refractivity contribution in [1.29, 1.82) is 0 Å². The lowest BCUT2D eigenvalue weighted by Crippen LogP contribution is -2.31. The zero-order valence-corrected chi connectivity index (χ0v) is 14.7. The number of H-pyrrole nitrogens is 1. The molecule has 1 aromatic heterocycles. The van der Waals surface area contributed by atoms with Gasteiger partial charge in [0.05, 0.1) is 19.3 Å². The molecule has 0 saturated carbocycles. The number of anilines is 1. The van der Waals surface area contributed by atoms with Gasteiger partial charge in [-0.05, 0) is 36.2 Å². The molecule has 3 rings (SSSR count). The highest BCUT2D eigenvalue weighted by Gasteiger charge is 2.07. The SMILES string of the molecule is COc1ccc(Cl)cc1NCC(=O)NCCc1c[nH]c2ccccc12. The molecule has 1 heterocycles. The molecule has 0 atom stereocenters. The Morgan fingerprint density at radius 1 is 1.24 bits per heavy atom. The van der Waals surface area contributed by atoms with Gasteiger partial charge in [0.1, 0.15) is 5.75 Å². The second-order valence-electron chi connectivity index (χ2n) is 5.66. The lowest BCUT2D eigenvalue weighted by molar-refractivity contribution is -0.119. The average Bonchev–Trinajstić information content (AvgIpc) is 3.03. The van der Waals surface area contributed by atoms with Crippen LogP contribution in [0.1, 0.15) is 5.56 Å². The number of benzene rings is 2. The van der Waals surface area contributed by atoms with Gasteiger partial charge < -0.3 is 20.4 Å². The number of aromatic amines is 1. The highest BCUT2D eigenvalue weighted by Crippen LogP contribution is 2.27. The second kappa shape index (κ2) is 7.94. The number of carbonyl (C=O) groups is 1. The molecule has 0 unspecified atom stereocenters. The van der Waals surface area contributed by atoms with Crippen LogP contribution in [0.15, 0.2) is 48.7 Å². The molecule has 5 nitrogen and oxygen atoms in total. The standard InChI is InChI=1S/C19H20ClN3O2/c1-25-18-7-6-14(20)10-17(18)23-12-19(24)21-9-8-13-11-22-16-5-3-2-4-15(13)16/h2-7,10-11,22-23H,8-9,12H2,1H3,(H,21,24). The number of amides is 1. The maximum Gasteiger partial charge on any atom is 0.239 e. The third-order valence-corrected chi connectivity index (χ3v) is 4.23. The third kappa shape index (κ3) is 4.25. The van der Waals surface area contributed by atoms with E-state index in [1.807, 2.05) is 24.4 Å². The molecule has 130 valence electrons. The van der Waals surface area contributed by atoms with Gasteiger partial charge in [0.25, 0.3) is 0 Å². The Balaban J connectivity index is 1.49. The van der Waals surface area contributed by atoms with Crippen molar-refractivity contribution < 1.29 is 9.53 Å². The van der Waals surface area contributed by atoms with E-state index in [1.54, 1.807) is 25.3 Å². The van der Waals surface area contributed by atoms with Gasteiger partial charge >= 0.3 is 0 Å². The molecule has 1 amide bonds. The van der Waals surface area contributed by atoms with E-state index >= 15 is 0 Å². The highest BCUT2D eigenvalue weighted by molar-refractivity contribution is 6.30. The zero-order valence-electron chi connectivity index (χ0n) is 13.9. The summed E-state index contributed by atoms with van der Waals surface area (Å²) in [7, 11) is 1.58. The van der Waals surface area contributed by atoms with Crippen molar-refractivity contribution in [3.05, 3.63) is 59.2 Å². The first kappa shape index (κ1) is 17.2. The molecule has 0 aliphatic rings. The molecule has 0 radical (unpaired) electrons. The molecule has 6 heteroatoms. The Bertz CT molecular complexity index is 876. The number of rotatable bonds is 7. The number of methoxy groups -OCH3 is 1. The number of hydrogen-bond donors (Lipinski definition) is 3. The molecular formula is C19H20ClN3O2. The minimum atomic E-state index is -0.0816. The maximum absolute atomic E-state index is 12.0. The summed E-state index contributed by atoms with van der Waals surface area (Å²) in [5.74, 6) is 0.567. The van der Waals surface area contributed by atoms with Gasteiger partial charge in [-0.3, -0.25) is 4.79 Å². The van der Waals surface area contributed by atoms with Crippen LogP contribution in [0.5, 0.6) is 5.75 Å². The molecule has 0 bridgehead atoms. The first-order valence-corrected chi connectivity index (χ1v) is 8.44. The number of aromatic nitrogens is 1. The molecule has 3 N–H and O–H groups in total. The summed E-state index contributed by atoms with van der Waals surface area (Å²) in [5, 5.41) is 7.75. The molecule has 0 saturated heterocycles. The first-order chi connectivity index (χ1) is 12.2. The van der Waals surface area contributed by atoms with Gasteiger partial charge in [0.15, 0.2) is 0 Å². The van der Waals surface area contributed by atoms with E-state index in [4.69, 9.17) is 16.3 Å². The van der Waals surface area contributed by atoms with Crippen molar-refractivity contribution in [2.24, 2.45) is 0 Å². The number of ether oxygens (including phenoxy) is 1. The van der Waals surface area contributed by atoms with Crippen LogP contribution in [0.25, 0.3) is 10.9 Å². The van der Waals surface area contributed by atoms with Crippen molar-refractivity contribution in [2.45, 2.75) is 6.42 Å². The summed E-state index contributed by atoms with van der Waals surface area (Å²) in [5.41, 5.74) is 3.00. The van der Waals surface area contributed by atoms with E-state index < -0.39 is 0 Å². The normalized spacial score (nSPS) is 10.6. The Labute approximate surface area is 151 Å². The van der Waals surface area contributed by atoms with E-state index in [0.29, 0.717) is 23.0 Å². The number of hydrogen-bond acceptors (Lipinski definition) is 3. The number of fused-ring (bicyclic) bond motifs is 1. The van der Waals surface area contributed by atoms with Crippen LogP contribution in [0, 0.1) is 0 Å². The van der Waals surface area contributed by atoms with E-state index in [1.165, 1.54) is 10.9 Å². The number of nitrogens with one attached hydrogen (secondary N) is 3. The average molecular weight is 358 g/mol. The van der Waals surface area contributed by atoms with Crippen LogP contribution < -0.4 is 15.4 Å². The lowest BCUT2D eigenvalue weighted by atomic mass is 10.1. The van der Waals surface area contributed by atoms with E-state index in [9.17, 15) is 4.79 Å². The monoisotopic (exact) mass is 357 g/mol. The Morgan fingerprint density at radius 2 is 2.08 bits per heavy atom. The number of carbonyl (C=O) groups excluding carboxylic acids is 1. The molecule has 0 aliphatic carbocycles. The highest BCUT2D eigenvalue weighted by atomic mass is 35.5. The molecule has 0 spiro atoms. The minimum absolute atomic E-state index is 0.0816. The number of halogens is 1. The van der Waals surface area contributed by atoms with Crippen molar-refractivity contribution in [2.75, 3.05) is 25.5 Å². The topological polar surface area (TPSA) is 66.2 Å². The summed E-state index contributed by atoms with van der Waals surface area (Å²) in [6, 6.07) is 13.4. The molecule has 25 heavy (non-hydrogen) atoms. The van der Waals surface area contributed by atoms with Crippen LogP contribution in [0.4, 0.5) is 5.69 Å². The molecule has 3 aromatic rings. The lowest BCUT2D eigenvalue weighted by Gasteiger charge is -2.11. The van der Waals surface area contributed by atoms with Gasteiger partial charge in [-0.1, -0.05) is 29.8 Å². The Hall–Kier alpha value is -2.66. The molecule has 2 aromatic carbocycles. The molecule has 0 fully saturated rings. The quantitative estimate of drug-likeness (QED) is 0.605. The van der Waals surface area contributed by atoms with E-state index in [0.717, 1.165) is 11.9 Å². The Kier molecular flexibility index (Phi) is 5.46. The fourth-order valence-corrected chi connectivity index (χ4v) is 2.90. The van der Waals surface area contributed by atoms with E-state index in [-0.39, 0.29) is 12.5 Å². The van der Waals surface area contributed by atoms with Gasteiger partial charge in [-0.15, -0.1) is 0 Å². The van der Waals surface area contributed by atoms with Gasteiger partial charge in [0.2, 0.25) is 5.91 Å². The summed E-state index contributed by atoms with van der Waals surface area (Å²) < 4.78 is 5.25. The fourth-order valence-electron chi connectivity index (χ4n) is 2.73. The van der Waals surface area contributed by atoms with Gasteiger partial charge in [-0.25, -0.2) is 0 Å². The summed E-state index contributed by atoms with van der Waals surface area (Å²) in [6.45, 7) is 0.736. The van der Waals surface area contributed by atoms with Crippen LogP contribution in [0.2, 0.25) is 5.02 Å². The van der Waals surface area contributed by atoms with Crippen molar-refractivity contribution in [3.8, 4) is 5.75 Å². The predicted molar refractivity (Wildman–Crippen MR) is 102 cm³/mol. The van der Waals surface area contributed by atoms with E-state index in [2.05, 4.69) is 21.7 Å². The number of para-hydroxylation sites is 1. The molecule has 0 aliphatic heterocycles. The summed E-state index contributed by atoms with van der Waals surface area (Å²) in [4.78, 5) is 15.3. The largest absolute Gasteiger partial charge is 0.495 e. The van der Waals surface area contributed by atoms with Crippen molar-refractivity contribution in [3.63, 3.8) is 0 Å². The van der Waals surface area contributed by atoms with Gasteiger partial charge in [-0.2, -0.15) is 0 Å². The third-order valence-electron chi connectivity index (χ3n) is 3.99. The first-order valence-electron chi connectivity index (χ1n) is 8.06. The maximum atomic E-state index is 12.0. The molecular weight excluding hydrogens is 338 g/mol. The zero-order chi connectivity index (χ0) is 17.6. The van der Waals surface area contributed by atoms with Crippen molar-refractivity contribution >= 4 is 34.1 Å². The smallest absolute Gasteiger partial charge is 0.239 e. The fraction of sp³-hybridized carbons (Fsp3) is 0.211. The van der Waals surface area contributed by atoms with Crippen LogP contribution in [-0.2, 0) is 11.2 Å². The second-order valence-corrected chi connectivity index (χ2v) is 6.09. The Morgan fingerprint density at radius 3 is 2.92 bits per heavy atom. The predicted octanol–water partition coefficient (Wildman–Crippen LogP) is 3.60. The minimum Gasteiger partial charge on any atom is -0.495 e.